The Bertz CT molecular complexity index is 1400. The fourth-order valence-corrected chi connectivity index (χ4v) is 5.37. The van der Waals surface area contributed by atoms with E-state index in [2.05, 4.69) is 5.32 Å². The van der Waals surface area contributed by atoms with Gasteiger partial charge in [0, 0.05) is 19.3 Å². The van der Waals surface area contributed by atoms with Crippen molar-refractivity contribution < 1.29 is 13.9 Å². The molecule has 2 fully saturated rings. The lowest BCUT2D eigenvalue weighted by Gasteiger charge is -2.15. The zero-order chi connectivity index (χ0) is 24.5. The summed E-state index contributed by atoms with van der Waals surface area (Å²) in [5, 5.41) is 3.28. The summed E-state index contributed by atoms with van der Waals surface area (Å²) in [6, 6.07) is 9.61. The summed E-state index contributed by atoms with van der Waals surface area (Å²) in [6.07, 6.45) is 5.22. The monoisotopic (exact) mass is 510 g/mol. The van der Waals surface area contributed by atoms with E-state index in [-0.39, 0.29) is 35.5 Å². The SMILES string of the molecule is Cc1cccn2c(=O)c(/C=C3/SC(=S)N(Cc4ccc(F)cc4)C3=O)c(NCC3CCCO3)nc12. The maximum Gasteiger partial charge on any atom is 0.267 e. The van der Waals surface area contributed by atoms with Crippen molar-refractivity contribution in [2.75, 3.05) is 18.5 Å². The van der Waals surface area contributed by atoms with E-state index in [0.29, 0.717) is 27.2 Å². The number of amides is 1. The number of benzene rings is 1. The van der Waals surface area contributed by atoms with Crippen LogP contribution in [0.5, 0.6) is 0 Å². The van der Waals surface area contributed by atoms with Gasteiger partial charge < -0.3 is 10.1 Å². The first-order valence-corrected chi connectivity index (χ1v) is 12.5. The number of pyridine rings is 1. The number of nitrogens with zero attached hydrogens (tertiary/aromatic N) is 3. The van der Waals surface area contributed by atoms with E-state index in [0.717, 1.165) is 42.3 Å². The molecule has 0 radical (unpaired) electrons. The van der Waals surface area contributed by atoms with Crippen molar-refractivity contribution >= 4 is 51.7 Å². The Morgan fingerprint density at radius 1 is 1.29 bits per heavy atom. The number of carbonyl (C=O) groups excluding carboxylic acids is 1. The quantitative estimate of drug-likeness (QED) is 0.395. The van der Waals surface area contributed by atoms with Crippen molar-refractivity contribution in [3.05, 3.63) is 80.4 Å². The third-order valence-corrected chi connectivity index (χ3v) is 7.39. The maximum absolute atomic E-state index is 13.5. The summed E-state index contributed by atoms with van der Waals surface area (Å²) in [4.78, 5) is 33.2. The second-order valence-electron chi connectivity index (χ2n) is 8.47. The third kappa shape index (κ3) is 4.86. The van der Waals surface area contributed by atoms with Gasteiger partial charge in [-0.15, -0.1) is 0 Å². The van der Waals surface area contributed by atoms with E-state index >= 15 is 0 Å². The van der Waals surface area contributed by atoms with Crippen LogP contribution < -0.4 is 10.9 Å². The standard InChI is InChI=1S/C25H23FN4O3S2/c1-15-4-2-10-29-22(15)28-21(27-13-18-5-3-11-33-18)19(23(29)31)12-20-24(32)30(25(34)35-20)14-16-6-8-17(26)9-7-16/h2,4,6-10,12,18,27H,3,5,11,13-14H2,1H3/b20-12+. The Balaban J connectivity index is 1.50. The highest BCUT2D eigenvalue weighted by atomic mass is 32.2. The van der Waals surface area contributed by atoms with E-state index < -0.39 is 0 Å². The molecule has 1 N–H and O–H groups in total. The van der Waals surface area contributed by atoms with E-state index in [4.69, 9.17) is 21.9 Å². The number of thiocarbonyl (C=S) groups is 1. The van der Waals surface area contributed by atoms with Gasteiger partial charge in [0.15, 0.2) is 0 Å². The summed E-state index contributed by atoms with van der Waals surface area (Å²) in [5.41, 5.74) is 2.17. The average Bonchev–Trinajstić information content (AvgIpc) is 3.45. The van der Waals surface area contributed by atoms with Crippen LogP contribution in [-0.4, -0.2) is 43.8 Å². The highest BCUT2D eigenvalue weighted by molar-refractivity contribution is 8.26. The molecule has 2 aromatic heterocycles. The molecule has 180 valence electrons. The van der Waals surface area contributed by atoms with Crippen molar-refractivity contribution in [2.45, 2.75) is 32.4 Å². The van der Waals surface area contributed by atoms with Crippen molar-refractivity contribution in [1.29, 1.82) is 0 Å². The van der Waals surface area contributed by atoms with Crippen molar-refractivity contribution in [2.24, 2.45) is 0 Å². The molecule has 3 aromatic rings. The molecule has 2 saturated heterocycles. The number of aryl methyl sites for hydroxylation is 1. The summed E-state index contributed by atoms with van der Waals surface area (Å²) >= 11 is 6.58. The predicted molar refractivity (Wildman–Crippen MR) is 139 cm³/mol. The zero-order valence-corrected chi connectivity index (χ0v) is 20.6. The number of nitrogens with one attached hydrogen (secondary N) is 1. The van der Waals surface area contributed by atoms with Crippen LogP contribution in [0.15, 0.2) is 52.3 Å². The first kappa shape index (κ1) is 23.7. The molecule has 1 amide bonds. The molecule has 4 heterocycles. The Labute approximate surface area is 211 Å². The number of fused-ring (bicyclic) bond motifs is 1. The largest absolute Gasteiger partial charge is 0.376 e. The number of aromatic nitrogens is 2. The highest BCUT2D eigenvalue weighted by Gasteiger charge is 2.33. The first-order chi connectivity index (χ1) is 16.9. The topological polar surface area (TPSA) is 75.9 Å². The minimum Gasteiger partial charge on any atom is -0.376 e. The lowest BCUT2D eigenvalue weighted by atomic mass is 10.2. The molecule has 2 aliphatic heterocycles. The van der Waals surface area contributed by atoms with Crippen molar-refractivity contribution in [1.82, 2.24) is 14.3 Å². The zero-order valence-electron chi connectivity index (χ0n) is 19.0. The van der Waals surface area contributed by atoms with Crippen LogP contribution >= 0.6 is 24.0 Å². The molecule has 1 unspecified atom stereocenters. The smallest absolute Gasteiger partial charge is 0.267 e. The molecule has 2 aliphatic rings. The molecule has 1 aromatic carbocycles. The fraction of sp³-hybridized carbons (Fsp3) is 0.280. The van der Waals surface area contributed by atoms with Gasteiger partial charge in [0.2, 0.25) is 0 Å². The predicted octanol–water partition coefficient (Wildman–Crippen LogP) is 4.13. The third-order valence-electron chi connectivity index (χ3n) is 6.01. The summed E-state index contributed by atoms with van der Waals surface area (Å²) in [7, 11) is 0. The number of anilines is 1. The van der Waals surface area contributed by atoms with Gasteiger partial charge in [-0.25, -0.2) is 9.37 Å². The molecular weight excluding hydrogens is 487 g/mol. The number of carbonyl (C=O) groups is 1. The van der Waals surface area contributed by atoms with Gasteiger partial charge in [-0.2, -0.15) is 0 Å². The molecule has 5 rings (SSSR count). The van der Waals surface area contributed by atoms with Crippen molar-refractivity contribution in [3.8, 4) is 0 Å². The van der Waals surface area contributed by atoms with Gasteiger partial charge in [-0.1, -0.05) is 42.2 Å². The molecular formula is C25H23FN4O3S2. The van der Waals surface area contributed by atoms with E-state index in [1.54, 1.807) is 30.5 Å². The number of hydrogen-bond donors (Lipinski definition) is 1. The molecule has 7 nitrogen and oxygen atoms in total. The lowest BCUT2D eigenvalue weighted by Crippen LogP contribution is -2.27. The van der Waals surface area contributed by atoms with Crippen LogP contribution in [0, 0.1) is 12.7 Å². The Hall–Kier alpha value is -3.08. The summed E-state index contributed by atoms with van der Waals surface area (Å²) in [6.45, 7) is 3.36. The summed E-state index contributed by atoms with van der Waals surface area (Å²) < 4.78 is 20.8. The minimum absolute atomic E-state index is 0.0499. The number of rotatable bonds is 6. The first-order valence-electron chi connectivity index (χ1n) is 11.3. The Morgan fingerprint density at radius 3 is 2.83 bits per heavy atom. The number of thioether (sulfide) groups is 1. The fourth-order valence-electron chi connectivity index (χ4n) is 4.13. The Morgan fingerprint density at radius 2 is 2.09 bits per heavy atom. The van der Waals surface area contributed by atoms with E-state index in [9.17, 15) is 14.0 Å². The number of hydrogen-bond acceptors (Lipinski definition) is 7. The molecule has 0 spiro atoms. The van der Waals surface area contributed by atoms with Crippen LogP contribution in [0.2, 0.25) is 0 Å². The van der Waals surface area contributed by atoms with Gasteiger partial charge in [0.1, 0.15) is 21.6 Å². The Kier molecular flexibility index (Phi) is 6.68. The summed E-state index contributed by atoms with van der Waals surface area (Å²) in [5.74, 6) is -0.242. The van der Waals surface area contributed by atoms with Crippen LogP contribution in [0.1, 0.15) is 29.5 Å². The molecule has 0 saturated carbocycles. The highest BCUT2D eigenvalue weighted by Crippen LogP contribution is 2.34. The number of halogens is 1. The maximum atomic E-state index is 13.5. The van der Waals surface area contributed by atoms with Crippen LogP contribution in [0.25, 0.3) is 11.7 Å². The molecule has 10 heteroatoms. The van der Waals surface area contributed by atoms with Gasteiger partial charge in [0.05, 0.1) is 23.1 Å². The second-order valence-corrected chi connectivity index (χ2v) is 10.2. The minimum atomic E-state index is -0.346. The molecule has 0 aliphatic carbocycles. The van der Waals surface area contributed by atoms with Gasteiger partial charge in [-0.05, 0) is 55.2 Å². The van der Waals surface area contributed by atoms with Crippen LogP contribution in [-0.2, 0) is 16.1 Å². The number of ether oxygens (including phenoxy) is 1. The molecule has 35 heavy (non-hydrogen) atoms. The van der Waals surface area contributed by atoms with Gasteiger partial charge in [-0.3, -0.25) is 18.9 Å². The second kappa shape index (κ2) is 9.88. The molecule has 1 atom stereocenters. The van der Waals surface area contributed by atoms with E-state index in [1.807, 2.05) is 13.0 Å². The molecule has 0 bridgehead atoms. The van der Waals surface area contributed by atoms with Crippen LogP contribution in [0.3, 0.4) is 0 Å². The normalized spacial score (nSPS) is 19.3. The van der Waals surface area contributed by atoms with E-state index in [1.165, 1.54) is 21.4 Å². The van der Waals surface area contributed by atoms with Gasteiger partial charge in [0.25, 0.3) is 11.5 Å². The van der Waals surface area contributed by atoms with Gasteiger partial charge >= 0.3 is 0 Å². The average molecular weight is 511 g/mol. The van der Waals surface area contributed by atoms with Crippen molar-refractivity contribution in [3.63, 3.8) is 0 Å². The van der Waals surface area contributed by atoms with Crippen LogP contribution in [0.4, 0.5) is 10.2 Å². The lowest BCUT2D eigenvalue weighted by molar-refractivity contribution is -0.122.